The van der Waals surface area contributed by atoms with Gasteiger partial charge in [0.2, 0.25) is 5.91 Å². The molecule has 0 saturated carbocycles. The molecule has 4 aromatic rings. The van der Waals surface area contributed by atoms with E-state index >= 15 is 0 Å². The zero-order valence-corrected chi connectivity index (χ0v) is 20.0. The lowest BCUT2D eigenvalue weighted by atomic mass is 10.2. The lowest BCUT2D eigenvalue weighted by Crippen LogP contribution is -2.26. The summed E-state index contributed by atoms with van der Waals surface area (Å²) in [6.07, 6.45) is 0. The van der Waals surface area contributed by atoms with Gasteiger partial charge in [0.25, 0.3) is 5.56 Å². The van der Waals surface area contributed by atoms with Gasteiger partial charge in [0.05, 0.1) is 29.0 Å². The number of hydrogen-bond acceptors (Lipinski definition) is 7. The summed E-state index contributed by atoms with van der Waals surface area (Å²) in [6, 6.07) is 19.6. The number of carbonyl (C=O) groups is 1. The maximum Gasteiger partial charge on any atom is 0.266 e. The third kappa shape index (κ3) is 4.67. The molecule has 8 nitrogen and oxygen atoms in total. The van der Waals surface area contributed by atoms with Crippen molar-refractivity contribution in [1.82, 2.24) is 9.55 Å². The van der Waals surface area contributed by atoms with E-state index in [4.69, 9.17) is 19.2 Å². The largest absolute Gasteiger partial charge is 0.497 e. The quantitative estimate of drug-likeness (QED) is 0.319. The maximum absolute atomic E-state index is 13.5. The Kier molecular flexibility index (Phi) is 6.33. The van der Waals surface area contributed by atoms with Crippen LogP contribution < -0.4 is 25.1 Å². The number of methoxy groups -OCH3 is 1. The molecule has 1 amide bonds. The van der Waals surface area contributed by atoms with E-state index in [9.17, 15) is 9.59 Å². The van der Waals surface area contributed by atoms with Gasteiger partial charge in [-0.25, -0.2) is 4.98 Å². The number of ether oxygens (including phenoxy) is 3. The lowest BCUT2D eigenvalue weighted by molar-refractivity contribution is -0.115. The number of amides is 1. The number of fused-ring (bicyclic) bond motifs is 2. The summed E-state index contributed by atoms with van der Waals surface area (Å²) in [7, 11) is 1.57. The second-order valence-corrected chi connectivity index (χ2v) is 9.17. The molecule has 0 fully saturated rings. The number of para-hydroxylation sites is 1. The third-order valence-electron chi connectivity index (χ3n) is 5.52. The van der Waals surface area contributed by atoms with Gasteiger partial charge < -0.3 is 19.5 Å². The van der Waals surface area contributed by atoms with Crippen LogP contribution in [0.25, 0.3) is 16.6 Å². The van der Waals surface area contributed by atoms with E-state index in [0.29, 0.717) is 57.9 Å². The molecule has 0 saturated heterocycles. The minimum Gasteiger partial charge on any atom is -0.497 e. The van der Waals surface area contributed by atoms with Gasteiger partial charge in [-0.1, -0.05) is 30.0 Å². The number of nitrogens with one attached hydrogen (secondary N) is 1. The first-order chi connectivity index (χ1) is 17.0. The monoisotopic (exact) mass is 489 g/mol. The van der Waals surface area contributed by atoms with Gasteiger partial charge in [-0.05, 0) is 43.3 Å². The third-order valence-corrected chi connectivity index (χ3v) is 6.57. The highest BCUT2D eigenvalue weighted by Crippen LogP contribution is 2.33. The van der Waals surface area contributed by atoms with Crippen LogP contribution in [0.15, 0.2) is 76.7 Å². The second kappa shape index (κ2) is 9.71. The van der Waals surface area contributed by atoms with E-state index in [0.717, 1.165) is 0 Å². The molecule has 0 unspecified atom stereocenters. The molecular formula is C26H23N3O5S. The molecule has 0 radical (unpaired) electrons. The van der Waals surface area contributed by atoms with E-state index < -0.39 is 5.25 Å². The fourth-order valence-corrected chi connectivity index (χ4v) is 4.67. The number of benzene rings is 3. The van der Waals surface area contributed by atoms with Gasteiger partial charge in [0.15, 0.2) is 16.7 Å². The maximum atomic E-state index is 13.5. The molecule has 178 valence electrons. The van der Waals surface area contributed by atoms with Crippen molar-refractivity contribution in [3.05, 3.63) is 77.1 Å². The van der Waals surface area contributed by atoms with Crippen LogP contribution in [-0.4, -0.2) is 41.0 Å². The Balaban J connectivity index is 1.47. The van der Waals surface area contributed by atoms with E-state index in [-0.39, 0.29) is 11.5 Å². The molecule has 1 atom stereocenters. The van der Waals surface area contributed by atoms with E-state index in [1.165, 1.54) is 16.3 Å². The zero-order valence-electron chi connectivity index (χ0n) is 19.2. The Bertz CT molecular complexity index is 1470. The minimum atomic E-state index is -0.548. The number of thioether (sulfide) groups is 1. The predicted molar refractivity (Wildman–Crippen MR) is 135 cm³/mol. The van der Waals surface area contributed by atoms with Crippen LogP contribution in [-0.2, 0) is 4.79 Å². The molecule has 1 N–H and O–H groups in total. The summed E-state index contributed by atoms with van der Waals surface area (Å²) >= 11 is 1.21. The molecule has 35 heavy (non-hydrogen) atoms. The summed E-state index contributed by atoms with van der Waals surface area (Å²) < 4.78 is 18.0. The Morgan fingerprint density at radius 1 is 1.06 bits per heavy atom. The number of hydrogen-bond donors (Lipinski definition) is 1. The molecule has 0 spiro atoms. The van der Waals surface area contributed by atoms with Crippen molar-refractivity contribution in [2.45, 2.75) is 17.3 Å². The first kappa shape index (κ1) is 22.8. The Morgan fingerprint density at radius 3 is 2.69 bits per heavy atom. The second-order valence-electron chi connectivity index (χ2n) is 7.86. The normalized spacial score (nSPS) is 13.3. The summed E-state index contributed by atoms with van der Waals surface area (Å²) in [5.41, 5.74) is 1.56. The van der Waals surface area contributed by atoms with E-state index in [1.807, 2.05) is 18.2 Å². The number of carbonyl (C=O) groups excluding carboxylic acids is 1. The molecule has 1 aromatic heterocycles. The zero-order chi connectivity index (χ0) is 24.4. The van der Waals surface area contributed by atoms with Gasteiger partial charge >= 0.3 is 0 Å². The molecule has 1 aliphatic heterocycles. The average molecular weight is 490 g/mol. The van der Waals surface area contributed by atoms with Gasteiger partial charge in [-0.15, -0.1) is 0 Å². The van der Waals surface area contributed by atoms with Crippen molar-refractivity contribution in [2.24, 2.45) is 0 Å². The molecule has 9 heteroatoms. The summed E-state index contributed by atoms with van der Waals surface area (Å²) in [5.74, 6) is 1.63. The molecule has 3 aromatic carbocycles. The Hall–Kier alpha value is -3.98. The Morgan fingerprint density at radius 2 is 1.86 bits per heavy atom. The topological polar surface area (TPSA) is 91.7 Å². The number of nitrogens with zero attached hydrogens (tertiary/aromatic N) is 2. The SMILES string of the molecule is COc1cccc(-n2c(S[C@@H](C)C(=O)Nc3ccc4c(c3)OCCO4)nc3ccccc3c2=O)c1. The highest BCUT2D eigenvalue weighted by molar-refractivity contribution is 8.00. The van der Waals surface area contributed by atoms with Crippen LogP contribution in [0, 0.1) is 0 Å². The van der Waals surface area contributed by atoms with Crippen LogP contribution in [0.4, 0.5) is 5.69 Å². The fraction of sp³-hybridized carbons (Fsp3) is 0.192. The van der Waals surface area contributed by atoms with E-state index in [2.05, 4.69) is 5.32 Å². The summed E-state index contributed by atoms with van der Waals surface area (Å²) in [5, 5.41) is 3.27. The first-order valence-electron chi connectivity index (χ1n) is 11.1. The molecular weight excluding hydrogens is 466 g/mol. The first-order valence-corrected chi connectivity index (χ1v) is 11.9. The van der Waals surface area contributed by atoms with Crippen LogP contribution in [0.2, 0.25) is 0 Å². The van der Waals surface area contributed by atoms with E-state index in [1.54, 1.807) is 62.6 Å². The molecule has 2 heterocycles. The van der Waals surface area contributed by atoms with Crippen LogP contribution in [0.1, 0.15) is 6.92 Å². The highest BCUT2D eigenvalue weighted by atomic mass is 32.2. The molecule has 0 bridgehead atoms. The summed E-state index contributed by atoms with van der Waals surface area (Å²) in [4.78, 5) is 31.2. The summed E-state index contributed by atoms with van der Waals surface area (Å²) in [6.45, 7) is 2.74. The van der Waals surface area contributed by atoms with Crippen molar-refractivity contribution in [2.75, 3.05) is 25.6 Å². The van der Waals surface area contributed by atoms with Crippen molar-refractivity contribution in [1.29, 1.82) is 0 Å². The highest BCUT2D eigenvalue weighted by Gasteiger charge is 2.21. The molecule has 1 aliphatic rings. The number of aromatic nitrogens is 2. The lowest BCUT2D eigenvalue weighted by Gasteiger charge is -2.20. The standard InChI is InChI=1S/C26H23N3O5S/c1-16(24(30)27-17-10-11-22-23(14-17)34-13-12-33-22)35-26-28-21-9-4-3-8-20(21)25(31)29(26)18-6-5-7-19(15-18)32-2/h3-11,14-16H,12-13H2,1-2H3,(H,27,30)/t16-/m0/s1. The van der Waals surface area contributed by atoms with Crippen molar-refractivity contribution >= 4 is 34.3 Å². The predicted octanol–water partition coefficient (Wildman–Crippen LogP) is 4.28. The van der Waals surface area contributed by atoms with Crippen molar-refractivity contribution in [3.8, 4) is 22.9 Å². The van der Waals surface area contributed by atoms with Gasteiger partial charge in [0, 0.05) is 17.8 Å². The molecule has 5 rings (SSSR count). The van der Waals surface area contributed by atoms with Crippen molar-refractivity contribution < 1.29 is 19.0 Å². The Labute approximate surface area is 205 Å². The van der Waals surface area contributed by atoms with Crippen molar-refractivity contribution in [3.63, 3.8) is 0 Å². The number of anilines is 1. The van der Waals surface area contributed by atoms with Gasteiger partial charge in [-0.3, -0.25) is 14.2 Å². The van der Waals surface area contributed by atoms with Crippen LogP contribution in [0.3, 0.4) is 0 Å². The van der Waals surface area contributed by atoms with Crippen LogP contribution in [0.5, 0.6) is 17.2 Å². The average Bonchev–Trinajstić information content (AvgIpc) is 2.88. The number of rotatable bonds is 6. The van der Waals surface area contributed by atoms with Crippen LogP contribution >= 0.6 is 11.8 Å². The fourth-order valence-electron chi connectivity index (χ4n) is 3.75. The minimum absolute atomic E-state index is 0.217. The molecule has 0 aliphatic carbocycles. The van der Waals surface area contributed by atoms with Gasteiger partial charge in [0.1, 0.15) is 19.0 Å². The van der Waals surface area contributed by atoms with Gasteiger partial charge in [-0.2, -0.15) is 0 Å². The smallest absolute Gasteiger partial charge is 0.266 e.